The summed E-state index contributed by atoms with van der Waals surface area (Å²) in [6.45, 7) is 1.73. The van der Waals surface area contributed by atoms with E-state index in [2.05, 4.69) is 5.32 Å². The highest BCUT2D eigenvalue weighted by molar-refractivity contribution is 7.89. The molecule has 0 bridgehead atoms. The lowest BCUT2D eigenvalue weighted by molar-refractivity contribution is -0.385. The van der Waals surface area contributed by atoms with Crippen molar-refractivity contribution >= 4 is 33.3 Å². The molecule has 1 N–H and O–H groups in total. The van der Waals surface area contributed by atoms with Gasteiger partial charge in [-0.15, -0.1) is 0 Å². The fourth-order valence-electron chi connectivity index (χ4n) is 3.75. The highest BCUT2D eigenvalue weighted by Crippen LogP contribution is 2.29. The second-order valence-corrected chi connectivity index (χ2v) is 9.68. The SMILES string of the molecule is COC(=O)c1cc(OC)ccc1NC(=O)C1CCN(S(=O)(=O)c2cc([N+](=O)[O-])ccc2C)CC1. The number of aryl methyl sites for hydroxylation is 1. The number of nitrogens with zero attached hydrogens (tertiary/aromatic N) is 2. The van der Waals surface area contributed by atoms with Gasteiger partial charge in [0.05, 0.1) is 35.3 Å². The van der Waals surface area contributed by atoms with Crippen molar-refractivity contribution in [1.29, 1.82) is 0 Å². The van der Waals surface area contributed by atoms with Crippen LogP contribution in [0.4, 0.5) is 11.4 Å². The van der Waals surface area contributed by atoms with Crippen molar-refractivity contribution in [1.82, 2.24) is 4.31 Å². The van der Waals surface area contributed by atoms with E-state index >= 15 is 0 Å². The molecule has 1 aliphatic heterocycles. The van der Waals surface area contributed by atoms with Gasteiger partial charge in [-0.3, -0.25) is 14.9 Å². The molecule has 0 aromatic heterocycles. The first-order chi connectivity index (χ1) is 16.1. The molecule has 1 aliphatic rings. The van der Waals surface area contributed by atoms with Crippen LogP contribution in [-0.4, -0.2) is 56.8 Å². The molecule has 1 fully saturated rings. The summed E-state index contributed by atoms with van der Waals surface area (Å²) in [6, 6.07) is 8.30. The number of ether oxygens (including phenoxy) is 2. The van der Waals surface area contributed by atoms with E-state index in [4.69, 9.17) is 9.47 Å². The summed E-state index contributed by atoms with van der Waals surface area (Å²) in [5, 5.41) is 13.8. The summed E-state index contributed by atoms with van der Waals surface area (Å²) in [6.07, 6.45) is 0.505. The predicted octanol–water partition coefficient (Wildman–Crippen LogP) is 2.74. The van der Waals surface area contributed by atoms with E-state index in [-0.39, 0.29) is 53.7 Å². The van der Waals surface area contributed by atoms with Crippen LogP contribution < -0.4 is 10.1 Å². The van der Waals surface area contributed by atoms with E-state index in [9.17, 15) is 28.1 Å². The van der Waals surface area contributed by atoms with Gasteiger partial charge in [0.1, 0.15) is 5.75 Å². The van der Waals surface area contributed by atoms with Gasteiger partial charge < -0.3 is 14.8 Å². The summed E-state index contributed by atoms with van der Waals surface area (Å²) in [5.41, 5.74) is 0.496. The number of sulfonamides is 1. The van der Waals surface area contributed by atoms with Gasteiger partial charge in [-0.1, -0.05) is 6.07 Å². The lowest BCUT2D eigenvalue weighted by Gasteiger charge is -2.31. The minimum atomic E-state index is -3.96. The number of non-ortho nitro benzene ring substituents is 1. The van der Waals surface area contributed by atoms with Crippen molar-refractivity contribution in [3.63, 3.8) is 0 Å². The van der Waals surface area contributed by atoms with Crippen molar-refractivity contribution in [3.8, 4) is 5.75 Å². The number of carbonyl (C=O) groups excluding carboxylic acids is 2. The summed E-state index contributed by atoms with van der Waals surface area (Å²) in [4.78, 5) is 35.3. The molecule has 2 aromatic carbocycles. The highest BCUT2D eigenvalue weighted by atomic mass is 32.2. The summed E-state index contributed by atoms with van der Waals surface area (Å²) in [5.74, 6) is -1.04. The summed E-state index contributed by atoms with van der Waals surface area (Å²) >= 11 is 0. The van der Waals surface area contributed by atoms with E-state index in [0.29, 0.717) is 11.3 Å². The number of hydrogen-bond donors (Lipinski definition) is 1. The summed E-state index contributed by atoms with van der Waals surface area (Å²) < 4.78 is 37.3. The summed E-state index contributed by atoms with van der Waals surface area (Å²) in [7, 11) is -1.28. The third kappa shape index (κ3) is 5.18. The number of nitro benzene ring substituents is 1. The first-order valence-corrected chi connectivity index (χ1v) is 11.8. The van der Waals surface area contributed by atoms with E-state index < -0.39 is 26.8 Å². The minimum absolute atomic E-state index is 0.0784. The number of anilines is 1. The molecule has 1 amide bonds. The Labute approximate surface area is 196 Å². The van der Waals surface area contributed by atoms with Crippen LogP contribution >= 0.6 is 0 Å². The number of carbonyl (C=O) groups is 2. The molecule has 11 nitrogen and oxygen atoms in total. The predicted molar refractivity (Wildman–Crippen MR) is 122 cm³/mol. The number of hydrogen-bond acceptors (Lipinski definition) is 8. The van der Waals surface area contributed by atoms with Crippen molar-refractivity contribution in [2.24, 2.45) is 5.92 Å². The number of methoxy groups -OCH3 is 2. The molecule has 34 heavy (non-hydrogen) atoms. The Bertz CT molecular complexity index is 1220. The Kier molecular flexibility index (Phi) is 7.52. The molecule has 0 spiro atoms. The van der Waals surface area contributed by atoms with Gasteiger partial charge in [-0.05, 0) is 43.5 Å². The van der Waals surface area contributed by atoms with Gasteiger partial charge in [0.15, 0.2) is 0 Å². The van der Waals surface area contributed by atoms with Crippen LogP contribution in [0.2, 0.25) is 0 Å². The third-order valence-corrected chi connectivity index (χ3v) is 7.76. The van der Waals surface area contributed by atoms with Gasteiger partial charge in [0, 0.05) is 31.1 Å². The Hall–Kier alpha value is -3.51. The van der Waals surface area contributed by atoms with Gasteiger partial charge in [0.25, 0.3) is 5.69 Å². The number of nitro groups is 1. The normalized spacial score (nSPS) is 14.9. The zero-order valence-electron chi connectivity index (χ0n) is 18.9. The van der Waals surface area contributed by atoms with Crippen LogP contribution in [0.1, 0.15) is 28.8 Å². The maximum absolute atomic E-state index is 13.1. The van der Waals surface area contributed by atoms with Crippen molar-refractivity contribution < 1.29 is 32.4 Å². The van der Waals surface area contributed by atoms with Crippen LogP contribution in [0.3, 0.4) is 0 Å². The lowest BCUT2D eigenvalue weighted by atomic mass is 9.97. The Morgan fingerprint density at radius 2 is 1.79 bits per heavy atom. The maximum atomic E-state index is 13.1. The topological polar surface area (TPSA) is 145 Å². The van der Waals surface area contributed by atoms with Crippen molar-refractivity contribution in [2.45, 2.75) is 24.7 Å². The van der Waals surface area contributed by atoms with Crippen LogP contribution in [0.25, 0.3) is 0 Å². The molecule has 182 valence electrons. The number of esters is 1. The average molecular weight is 492 g/mol. The number of benzene rings is 2. The minimum Gasteiger partial charge on any atom is -0.497 e. The largest absolute Gasteiger partial charge is 0.497 e. The molecule has 0 unspecified atom stereocenters. The van der Waals surface area contributed by atoms with E-state index in [1.165, 1.54) is 42.8 Å². The maximum Gasteiger partial charge on any atom is 0.340 e. The third-order valence-electron chi connectivity index (χ3n) is 5.72. The second kappa shape index (κ2) is 10.2. The molecule has 0 saturated carbocycles. The molecule has 2 aromatic rings. The molecular weight excluding hydrogens is 466 g/mol. The first kappa shape index (κ1) is 25.1. The lowest BCUT2D eigenvalue weighted by Crippen LogP contribution is -2.41. The molecule has 0 aliphatic carbocycles. The molecular formula is C22H25N3O8S. The highest BCUT2D eigenvalue weighted by Gasteiger charge is 2.34. The van der Waals surface area contributed by atoms with Crippen molar-refractivity contribution in [3.05, 3.63) is 57.6 Å². The van der Waals surface area contributed by atoms with E-state index in [0.717, 1.165) is 6.07 Å². The molecule has 12 heteroatoms. The van der Waals surface area contributed by atoms with Gasteiger partial charge in [-0.2, -0.15) is 4.31 Å². The fraction of sp³-hybridized carbons (Fsp3) is 0.364. The van der Waals surface area contributed by atoms with E-state index in [1.807, 2.05) is 0 Å². The zero-order chi connectivity index (χ0) is 25.0. The number of nitrogens with one attached hydrogen (secondary N) is 1. The molecule has 0 atom stereocenters. The second-order valence-electron chi connectivity index (χ2n) is 7.78. The van der Waals surface area contributed by atoms with Crippen LogP contribution in [0, 0.1) is 23.0 Å². The van der Waals surface area contributed by atoms with E-state index in [1.54, 1.807) is 13.0 Å². The van der Waals surface area contributed by atoms with Crippen LogP contribution in [0.15, 0.2) is 41.3 Å². The molecule has 1 saturated heterocycles. The van der Waals surface area contributed by atoms with Gasteiger partial charge in [-0.25, -0.2) is 13.2 Å². The van der Waals surface area contributed by atoms with Crippen LogP contribution in [0.5, 0.6) is 5.75 Å². The number of piperidine rings is 1. The fourth-order valence-corrected chi connectivity index (χ4v) is 5.46. The standard InChI is InChI=1S/C22H25N3O8S/c1-14-4-5-16(25(28)29)12-20(14)34(30,31)24-10-8-15(9-11-24)21(26)23-19-7-6-17(32-2)13-18(19)22(27)33-3/h4-7,12-13,15H,8-11H2,1-3H3,(H,23,26). The number of amides is 1. The first-order valence-electron chi connectivity index (χ1n) is 10.4. The molecule has 0 radical (unpaired) electrons. The van der Waals surface area contributed by atoms with Crippen molar-refractivity contribution in [2.75, 3.05) is 32.6 Å². The van der Waals surface area contributed by atoms with Gasteiger partial charge >= 0.3 is 5.97 Å². The zero-order valence-corrected chi connectivity index (χ0v) is 19.8. The smallest absolute Gasteiger partial charge is 0.340 e. The monoisotopic (exact) mass is 491 g/mol. The molecule has 3 rings (SSSR count). The average Bonchev–Trinajstić information content (AvgIpc) is 2.83. The quantitative estimate of drug-likeness (QED) is 0.353. The van der Waals surface area contributed by atoms with Crippen LogP contribution in [-0.2, 0) is 19.6 Å². The van der Waals surface area contributed by atoms with Gasteiger partial charge in [0.2, 0.25) is 15.9 Å². The Morgan fingerprint density at radius 3 is 2.38 bits per heavy atom. The Morgan fingerprint density at radius 1 is 1.12 bits per heavy atom. The number of rotatable bonds is 7. The Balaban J connectivity index is 1.72. The molecule has 1 heterocycles.